The molecule has 2 saturated carbocycles. The van der Waals surface area contributed by atoms with Crippen molar-refractivity contribution in [3.8, 4) is 0 Å². The molecule has 1 nitrogen and oxygen atoms in total. The highest BCUT2D eigenvalue weighted by molar-refractivity contribution is 7.99. The lowest BCUT2D eigenvalue weighted by molar-refractivity contribution is 0.185. The molecule has 2 aliphatic rings. The van der Waals surface area contributed by atoms with E-state index in [0.29, 0.717) is 0 Å². The molecular weight excluding hydrogens is 318 g/mol. The van der Waals surface area contributed by atoms with E-state index < -0.39 is 0 Å². The van der Waals surface area contributed by atoms with E-state index in [4.69, 9.17) is 0 Å². The molecule has 23 heavy (non-hydrogen) atoms. The lowest BCUT2D eigenvalue weighted by atomic mass is 9.91. The molecule has 124 valence electrons. The summed E-state index contributed by atoms with van der Waals surface area (Å²) in [5, 5.41) is 1.41. The summed E-state index contributed by atoms with van der Waals surface area (Å²) in [4.78, 5) is 0. The quantitative estimate of drug-likeness (QED) is 0.556. The summed E-state index contributed by atoms with van der Waals surface area (Å²) in [7, 11) is 0. The Bertz CT molecular complexity index is 572. The van der Waals surface area contributed by atoms with Gasteiger partial charge in [0.15, 0.2) is 0 Å². The van der Waals surface area contributed by atoms with Gasteiger partial charge >= 0.3 is 0 Å². The van der Waals surface area contributed by atoms with Crippen molar-refractivity contribution in [1.29, 1.82) is 0 Å². The molecule has 0 spiro atoms. The van der Waals surface area contributed by atoms with Crippen LogP contribution < -0.4 is 0 Å². The molecule has 3 heteroatoms. The first-order chi connectivity index (χ1) is 11.4. The molecule has 2 aliphatic carbocycles. The van der Waals surface area contributed by atoms with Crippen LogP contribution in [0.3, 0.4) is 0 Å². The number of fused-ring (bicyclic) bond motifs is 1. The first-order valence-corrected chi connectivity index (χ1v) is 10.9. The maximum absolute atomic E-state index is 2.84. The SMILES string of the molecule is c1ccc2sc(SN(C3CCCCC3)C3CCCCC3)cc2c1. The first kappa shape index (κ1) is 16.0. The Morgan fingerprint density at radius 2 is 1.43 bits per heavy atom. The summed E-state index contributed by atoms with van der Waals surface area (Å²) in [6, 6.07) is 12.8. The standard InChI is InChI=1S/C20H27NS2/c1-3-10-17(11-4-1)21(18-12-5-2-6-13-18)23-20-15-16-9-7-8-14-19(16)22-20/h7-9,14-15,17-18H,1-6,10-13H2. The molecule has 1 aromatic carbocycles. The fraction of sp³-hybridized carbons (Fsp3) is 0.600. The minimum atomic E-state index is 0.807. The molecule has 0 atom stereocenters. The maximum atomic E-state index is 2.84. The van der Waals surface area contributed by atoms with Gasteiger partial charge in [-0.05, 0) is 55.2 Å². The van der Waals surface area contributed by atoms with Crippen LogP contribution in [0.15, 0.2) is 34.5 Å². The molecule has 4 rings (SSSR count). The van der Waals surface area contributed by atoms with E-state index in [-0.39, 0.29) is 0 Å². The minimum absolute atomic E-state index is 0.807. The van der Waals surface area contributed by atoms with Crippen LogP contribution in [-0.2, 0) is 0 Å². The van der Waals surface area contributed by atoms with Gasteiger partial charge in [-0.3, -0.25) is 0 Å². The second-order valence-electron chi connectivity index (χ2n) is 7.14. The van der Waals surface area contributed by atoms with E-state index in [2.05, 4.69) is 46.6 Å². The fourth-order valence-electron chi connectivity index (χ4n) is 4.22. The van der Waals surface area contributed by atoms with E-state index in [0.717, 1.165) is 12.1 Å². The van der Waals surface area contributed by atoms with E-state index in [1.165, 1.54) is 78.5 Å². The Hall–Kier alpha value is -0.510. The van der Waals surface area contributed by atoms with Crippen LogP contribution in [0.4, 0.5) is 0 Å². The van der Waals surface area contributed by atoms with Crippen molar-refractivity contribution in [2.24, 2.45) is 0 Å². The molecule has 0 saturated heterocycles. The van der Waals surface area contributed by atoms with Crippen molar-refractivity contribution < 1.29 is 0 Å². The highest BCUT2D eigenvalue weighted by Crippen LogP contribution is 2.41. The monoisotopic (exact) mass is 345 g/mol. The molecule has 0 amide bonds. The van der Waals surface area contributed by atoms with E-state index in [9.17, 15) is 0 Å². The van der Waals surface area contributed by atoms with Gasteiger partial charge in [-0.25, -0.2) is 4.31 Å². The third-order valence-corrected chi connectivity index (χ3v) is 7.96. The number of nitrogens with zero attached hydrogens (tertiary/aromatic N) is 1. The average Bonchev–Trinajstić information content (AvgIpc) is 3.04. The number of hydrogen-bond donors (Lipinski definition) is 0. The molecule has 2 aromatic rings. The Labute approximate surface area is 148 Å². The minimum Gasteiger partial charge on any atom is -0.240 e. The van der Waals surface area contributed by atoms with Crippen LogP contribution >= 0.6 is 23.3 Å². The second kappa shape index (κ2) is 7.58. The van der Waals surface area contributed by atoms with E-state index in [1.807, 2.05) is 11.3 Å². The molecule has 0 unspecified atom stereocenters. The van der Waals surface area contributed by atoms with Crippen LogP contribution in [-0.4, -0.2) is 16.4 Å². The Kier molecular flexibility index (Phi) is 5.27. The van der Waals surface area contributed by atoms with Gasteiger partial charge in [-0.2, -0.15) is 0 Å². The Balaban J connectivity index is 1.55. The molecular formula is C20H27NS2. The molecule has 0 aliphatic heterocycles. The summed E-state index contributed by atoms with van der Waals surface area (Å²) in [5.74, 6) is 0. The van der Waals surface area contributed by atoms with Gasteiger partial charge in [0.2, 0.25) is 0 Å². The van der Waals surface area contributed by atoms with Crippen molar-refractivity contribution >= 4 is 33.4 Å². The second-order valence-corrected chi connectivity index (χ2v) is 9.52. The predicted molar refractivity (Wildman–Crippen MR) is 103 cm³/mol. The molecule has 1 aromatic heterocycles. The highest BCUT2D eigenvalue weighted by Gasteiger charge is 2.30. The van der Waals surface area contributed by atoms with Crippen LogP contribution in [0.1, 0.15) is 64.2 Å². The normalized spacial score (nSPS) is 21.3. The zero-order chi connectivity index (χ0) is 15.5. The lowest BCUT2D eigenvalue weighted by Gasteiger charge is -2.40. The Morgan fingerprint density at radius 3 is 2.04 bits per heavy atom. The lowest BCUT2D eigenvalue weighted by Crippen LogP contribution is -2.40. The smallest absolute Gasteiger partial charge is 0.0766 e. The number of thiophene rings is 1. The van der Waals surface area contributed by atoms with Gasteiger partial charge < -0.3 is 0 Å². The van der Waals surface area contributed by atoms with E-state index >= 15 is 0 Å². The molecule has 0 bridgehead atoms. The van der Waals surface area contributed by atoms with Gasteiger partial charge in [-0.15, -0.1) is 11.3 Å². The first-order valence-electron chi connectivity index (χ1n) is 9.35. The molecule has 0 radical (unpaired) electrons. The zero-order valence-corrected chi connectivity index (χ0v) is 15.5. The van der Waals surface area contributed by atoms with Crippen LogP contribution in [0.25, 0.3) is 10.1 Å². The van der Waals surface area contributed by atoms with Gasteiger partial charge in [0.25, 0.3) is 0 Å². The number of rotatable bonds is 4. The van der Waals surface area contributed by atoms with Gasteiger partial charge in [0.05, 0.1) is 4.21 Å². The fourth-order valence-corrected chi connectivity index (χ4v) is 6.80. The van der Waals surface area contributed by atoms with Gasteiger partial charge in [0, 0.05) is 16.8 Å². The van der Waals surface area contributed by atoms with Crippen molar-refractivity contribution in [3.05, 3.63) is 30.3 Å². The topological polar surface area (TPSA) is 3.24 Å². The van der Waals surface area contributed by atoms with Crippen molar-refractivity contribution in [3.63, 3.8) is 0 Å². The van der Waals surface area contributed by atoms with Crippen molar-refractivity contribution in [2.45, 2.75) is 80.5 Å². The summed E-state index contributed by atoms with van der Waals surface area (Å²) < 4.78 is 5.76. The predicted octanol–water partition coefficient (Wildman–Crippen LogP) is 6.88. The Morgan fingerprint density at radius 1 is 0.826 bits per heavy atom. The van der Waals surface area contributed by atoms with Gasteiger partial charge in [-0.1, -0.05) is 56.7 Å². The van der Waals surface area contributed by atoms with Crippen LogP contribution in [0.5, 0.6) is 0 Å². The molecule has 0 N–H and O–H groups in total. The third kappa shape index (κ3) is 3.78. The largest absolute Gasteiger partial charge is 0.240 e. The van der Waals surface area contributed by atoms with Crippen molar-refractivity contribution in [2.75, 3.05) is 0 Å². The van der Waals surface area contributed by atoms with Gasteiger partial charge in [0.1, 0.15) is 0 Å². The summed E-state index contributed by atoms with van der Waals surface area (Å²) in [6.07, 6.45) is 14.3. The summed E-state index contributed by atoms with van der Waals surface area (Å²) in [6.45, 7) is 0. The molecule has 2 fully saturated rings. The number of hydrogen-bond acceptors (Lipinski definition) is 3. The summed E-state index contributed by atoms with van der Waals surface area (Å²) >= 11 is 4.05. The number of benzene rings is 1. The average molecular weight is 346 g/mol. The van der Waals surface area contributed by atoms with Crippen molar-refractivity contribution in [1.82, 2.24) is 4.31 Å². The van der Waals surface area contributed by atoms with Crippen LogP contribution in [0, 0.1) is 0 Å². The highest BCUT2D eigenvalue weighted by atomic mass is 32.2. The van der Waals surface area contributed by atoms with Crippen LogP contribution in [0.2, 0.25) is 0 Å². The summed E-state index contributed by atoms with van der Waals surface area (Å²) in [5.41, 5.74) is 0. The maximum Gasteiger partial charge on any atom is 0.0766 e. The molecule has 1 heterocycles. The zero-order valence-electron chi connectivity index (χ0n) is 13.9. The van der Waals surface area contributed by atoms with E-state index in [1.54, 1.807) is 0 Å². The third-order valence-electron chi connectivity index (χ3n) is 5.47.